The van der Waals surface area contributed by atoms with Crippen molar-refractivity contribution in [3.8, 4) is 0 Å². The zero-order valence-corrected chi connectivity index (χ0v) is 9.66. The monoisotopic (exact) mass is 208 g/mol. The van der Waals surface area contributed by atoms with E-state index in [0.717, 1.165) is 12.2 Å². The van der Waals surface area contributed by atoms with E-state index in [0.29, 0.717) is 0 Å². The summed E-state index contributed by atoms with van der Waals surface area (Å²) in [4.78, 5) is 0. The van der Waals surface area contributed by atoms with E-state index < -0.39 is 0 Å². The zero-order valence-electron chi connectivity index (χ0n) is 9.66. The Morgan fingerprint density at radius 1 is 1.33 bits per heavy atom. The highest BCUT2D eigenvalue weighted by Gasteiger charge is 2.10. The zero-order chi connectivity index (χ0) is 10.7. The molecule has 1 aliphatic heterocycles. The molecule has 1 fully saturated rings. The van der Waals surface area contributed by atoms with E-state index in [9.17, 15) is 0 Å². The Balaban J connectivity index is 1.84. The number of aromatic nitrogens is 2. The fourth-order valence-electron chi connectivity index (χ4n) is 2.07. The lowest BCUT2D eigenvalue weighted by atomic mass is 10.2. The van der Waals surface area contributed by atoms with Crippen molar-refractivity contribution in [2.24, 2.45) is 7.05 Å². The lowest BCUT2D eigenvalue weighted by Gasteiger charge is -2.27. The second-order valence-electron chi connectivity index (χ2n) is 4.28. The average molecular weight is 208 g/mol. The Morgan fingerprint density at radius 2 is 2.07 bits per heavy atom. The largest absolute Gasteiger partial charge is 0.271 e. The highest BCUT2D eigenvalue weighted by Crippen LogP contribution is 2.07. The summed E-state index contributed by atoms with van der Waals surface area (Å²) in [5.41, 5.74) is 5.80. The third-order valence-electron chi connectivity index (χ3n) is 2.94. The molecular weight excluding hydrogens is 188 g/mol. The minimum atomic E-state index is 0.886. The van der Waals surface area contributed by atoms with Crippen LogP contribution in [0.4, 0.5) is 0 Å². The quantitative estimate of drug-likeness (QED) is 0.810. The van der Waals surface area contributed by atoms with Gasteiger partial charge in [0.1, 0.15) is 0 Å². The number of nitrogens with zero attached hydrogens (tertiary/aromatic N) is 3. The lowest BCUT2D eigenvalue weighted by Crippen LogP contribution is -2.41. The van der Waals surface area contributed by atoms with Gasteiger partial charge in [0.05, 0.1) is 17.9 Å². The SMILES string of the molecule is Cc1cc(CNN2CCCCC2)n(C)n1. The van der Waals surface area contributed by atoms with Gasteiger partial charge in [0.2, 0.25) is 0 Å². The number of aryl methyl sites for hydroxylation is 2. The van der Waals surface area contributed by atoms with Crippen LogP contribution >= 0.6 is 0 Å². The highest BCUT2D eigenvalue weighted by atomic mass is 15.5. The van der Waals surface area contributed by atoms with E-state index in [2.05, 4.69) is 21.6 Å². The molecule has 84 valence electrons. The van der Waals surface area contributed by atoms with Crippen LogP contribution in [0.3, 0.4) is 0 Å². The number of hydrogen-bond acceptors (Lipinski definition) is 3. The van der Waals surface area contributed by atoms with E-state index in [4.69, 9.17) is 0 Å². The summed E-state index contributed by atoms with van der Waals surface area (Å²) >= 11 is 0. The van der Waals surface area contributed by atoms with Gasteiger partial charge in [-0.3, -0.25) is 4.68 Å². The predicted octanol–water partition coefficient (Wildman–Crippen LogP) is 1.22. The minimum Gasteiger partial charge on any atom is -0.271 e. The van der Waals surface area contributed by atoms with Crippen LogP contribution < -0.4 is 5.43 Å². The molecule has 0 aromatic carbocycles. The first-order valence-electron chi connectivity index (χ1n) is 5.73. The van der Waals surface area contributed by atoms with E-state index >= 15 is 0 Å². The van der Waals surface area contributed by atoms with Gasteiger partial charge in [-0.2, -0.15) is 5.10 Å². The summed E-state index contributed by atoms with van der Waals surface area (Å²) in [6.07, 6.45) is 4.01. The van der Waals surface area contributed by atoms with Crippen molar-refractivity contribution in [2.75, 3.05) is 13.1 Å². The van der Waals surface area contributed by atoms with Crippen LogP contribution in [0.15, 0.2) is 6.07 Å². The van der Waals surface area contributed by atoms with Gasteiger partial charge < -0.3 is 0 Å². The maximum Gasteiger partial charge on any atom is 0.0597 e. The maximum atomic E-state index is 4.33. The van der Waals surface area contributed by atoms with Crippen molar-refractivity contribution in [3.05, 3.63) is 17.5 Å². The van der Waals surface area contributed by atoms with Crippen molar-refractivity contribution in [1.29, 1.82) is 0 Å². The normalized spacial score (nSPS) is 18.3. The summed E-state index contributed by atoms with van der Waals surface area (Å²) in [5.74, 6) is 0. The molecule has 2 rings (SSSR count). The first kappa shape index (κ1) is 10.6. The molecule has 1 aromatic rings. The second-order valence-corrected chi connectivity index (χ2v) is 4.28. The van der Waals surface area contributed by atoms with Crippen molar-refractivity contribution in [2.45, 2.75) is 32.7 Å². The van der Waals surface area contributed by atoms with Crippen LogP contribution in [0, 0.1) is 6.92 Å². The summed E-state index contributed by atoms with van der Waals surface area (Å²) in [6, 6.07) is 2.14. The number of rotatable bonds is 3. The molecule has 15 heavy (non-hydrogen) atoms. The molecule has 4 heteroatoms. The lowest BCUT2D eigenvalue weighted by molar-refractivity contribution is 0.149. The molecule has 1 saturated heterocycles. The molecule has 4 nitrogen and oxygen atoms in total. The fourth-order valence-corrected chi connectivity index (χ4v) is 2.07. The summed E-state index contributed by atoms with van der Waals surface area (Å²) in [7, 11) is 2.00. The first-order valence-corrected chi connectivity index (χ1v) is 5.73. The van der Waals surface area contributed by atoms with Crippen molar-refractivity contribution in [1.82, 2.24) is 20.2 Å². The van der Waals surface area contributed by atoms with Crippen LogP contribution in [-0.4, -0.2) is 27.9 Å². The third-order valence-corrected chi connectivity index (χ3v) is 2.94. The first-order chi connectivity index (χ1) is 7.25. The molecule has 0 amide bonds. The van der Waals surface area contributed by atoms with Crippen molar-refractivity contribution < 1.29 is 0 Å². The van der Waals surface area contributed by atoms with E-state index in [-0.39, 0.29) is 0 Å². The van der Waals surface area contributed by atoms with Gasteiger partial charge in [-0.05, 0) is 25.8 Å². The molecule has 1 aliphatic rings. The molecule has 1 N–H and O–H groups in total. The summed E-state index contributed by atoms with van der Waals surface area (Å²) < 4.78 is 1.95. The van der Waals surface area contributed by atoms with Crippen LogP contribution in [0.2, 0.25) is 0 Å². The second kappa shape index (κ2) is 4.77. The molecule has 0 unspecified atom stereocenters. The van der Waals surface area contributed by atoms with Crippen LogP contribution in [0.5, 0.6) is 0 Å². The topological polar surface area (TPSA) is 33.1 Å². The molecule has 0 radical (unpaired) electrons. The van der Waals surface area contributed by atoms with Gasteiger partial charge in [0, 0.05) is 20.1 Å². The molecule has 0 saturated carbocycles. The predicted molar refractivity (Wildman–Crippen MR) is 60.2 cm³/mol. The van der Waals surface area contributed by atoms with Crippen LogP contribution in [-0.2, 0) is 13.6 Å². The van der Waals surface area contributed by atoms with E-state index in [1.807, 2.05) is 18.7 Å². The van der Waals surface area contributed by atoms with Crippen molar-refractivity contribution in [3.63, 3.8) is 0 Å². The van der Waals surface area contributed by atoms with Gasteiger partial charge >= 0.3 is 0 Å². The molecule has 2 heterocycles. The van der Waals surface area contributed by atoms with Gasteiger partial charge in [-0.25, -0.2) is 10.4 Å². The Kier molecular flexibility index (Phi) is 3.38. The number of nitrogens with one attached hydrogen (secondary N) is 1. The Bertz CT molecular complexity index is 312. The third kappa shape index (κ3) is 2.79. The molecule has 1 aromatic heterocycles. The number of piperidine rings is 1. The summed E-state index contributed by atoms with van der Waals surface area (Å²) in [5, 5.41) is 6.66. The Hall–Kier alpha value is -0.870. The van der Waals surface area contributed by atoms with Crippen LogP contribution in [0.25, 0.3) is 0 Å². The minimum absolute atomic E-state index is 0.886. The van der Waals surface area contributed by atoms with E-state index in [1.165, 1.54) is 38.0 Å². The van der Waals surface area contributed by atoms with E-state index in [1.54, 1.807) is 0 Å². The molecule has 0 bridgehead atoms. The smallest absolute Gasteiger partial charge is 0.0597 e. The molecule has 0 spiro atoms. The van der Waals surface area contributed by atoms with Crippen molar-refractivity contribution >= 4 is 0 Å². The molecule has 0 aliphatic carbocycles. The number of hydrogen-bond donors (Lipinski definition) is 1. The Labute approximate surface area is 91.2 Å². The fraction of sp³-hybridized carbons (Fsp3) is 0.727. The van der Waals surface area contributed by atoms with Gasteiger partial charge in [0.15, 0.2) is 0 Å². The summed E-state index contributed by atoms with van der Waals surface area (Å²) in [6.45, 7) is 5.27. The van der Waals surface area contributed by atoms with Gasteiger partial charge in [0.25, 0.3) is 0 Å². The number of hydrazine groups is 1. The van der Waals surface area contributed by atoms with Gasteiger partial charge in [-0.1, -0.05) is 6.42 Å². The molecule has 0 atom stereocenters. The van der Waals surface area contributed by atoms with Gasteiger partial charge in [-0.15, -0.1) is 0 Å². The Morgan fingerprint density at radius 3 is 2.67 bits per heavy atom. The average Bonchev–Trinajstić information content (AvgIpc) is 2.56. The van der Waals surface area contributed by atoms with Crippen LogP contribution in [0.1, 0.15) is 30.7 Å². The maximum absolute atomic E-state index is 4.33. The molecular formula is C11H20N4. The standard InChI is InChI=1S/C11H20N4/c1-10-8-11(14(2)13-10)9-12-15-6-4-3-5-7-15/h8,12H,3-7,9H2,1-2H3. The highest BCUT2D eigenvalue weighted by molar-refractivity contribution is 5.07.